The van der Waals surface area contributed by atoms with Gasteiger partial charge in [0.1, 0.15) is 17.1 Å². The van der Waals surface area contributed by atoms with Gasteiger partial charge in [-0.2, -0.15) is 5.10 Å². The van der Waals surface area contributed by atoms with E-state index in [0.29, 0.717) is 22.6 Å². The Labute approximate surface area is 220 Å². The van der Waals surface area contributed by atoms with E-state index in [0.717, 1.165) is 16.3 Å². The number of benzene rings is 2. The van der Waals surface area contributed by atoms with E-state index >= 15 is 0 Å². The number of rotatable bonds is 7. The molecule has 0 saturated carbocycles. The third-order valence-electron chi connectivity index (χ3n) is 5.99. The molecule has 4 aromatic rings. The van der Waals surface area contributed by atoms with Gasteiger partial charge < -0.3 is 26.4 Å². The van der Waals surface area contributed by atoms with E-state index in [2.05, 4.69) is 26.0 Å². The maximum atomic E-state index is 14.4. The monoisotopic (exact) mass is 531 g/mol. The number of halogens is 1. The summed E-state index contributed by atoms with van der Waals surface area (Å²) in [4.78, 5) is 53.4. The van der Waals surface area contributed by atoms with Crippen molar-refractivity contribution in [3.8, 4) is 5.75 Å². The Morgan fingerprint density at radius 1 is 1.10 bits per heavy atom. The molecule has 0 atom stereocenters. The van der Waals surface area contributed by atoms with Gasteiger partial charge in [0.15, 0.2) is 18.1 Å². The summed E-state index contributed by atoms with van der Waals surface area (Å²) in [6.45, 7) is 1.74. The lowest BCUT2D eigenvalue weighted by molar-refractivity contribution is -0.118. The molecule has 39 heavy (non-hydrogen) atoms. The molecule has 13 heteroatoms. The van der Waals surface area contributed by atoms with Crippen molar-refractivity contribution < 1.29 is 28.3 Å². The van der Waals surface area contributed by atoms with Crippen LogP contribution >= 0.6 is 0 Å². The molecule has 0 radical (unpaired) electrons. The highest BCUT2D eigenvalue weighted by Crippen LogP contribution is 2.28. The number of ether oxygens (including phenoxy) is 1. The quantitative estimate of drug-likeness (QED) is 0.280. The molecule has 5 N–H and O–H groups in total. The highest BCUT2D eigenvalue weighted by Gasteiger charge is 2.21. The Bertz CT molecular complexity index is 1670. The summed E-state index contributed by atoms with van der Waals surface area (Å²) in [5, 5.41) is 11.9. The van der Waals surface area contributed by atoms with Crippen LogP contribution in [0.15, 0.2) is 48.7 Å². The third-order valence-corrected chi connectivity index (χ3v) is 5.99. The molecular formula is C26H22FN7O5. The molecule has 4 amide bonds. The van der Waals surface area contributed by atoms with E-state index in [1.807, 2.05) is 0 Å². The minimum Gasteiger partial charge on any atom is -0.482 e. The number of carbonyl (C=O) groups is 4. The van der Waals surface area contributed by atoms with Gasteiger partial charge in [0.25, 0.3) is 17.7 Å². The van der Waals surface area contributed by atoms with Crippen molar-refractivity contribution in [1.82, 2.24) is 25.2 Å². The smallest absolute Gasteiger partial charge is 0.270 e. The average Bonchev–Trinajstić information content (AvgIpc) is 3.30. The minimum atomic E-state index is -0.821. The summed E-state index contributed by atoms with van der Waals surface area (Å²) in [6, 6.07) is 11.3. The first kappa shape index (κ1) is 25.3. The van der Waals surface area contributed by atoms with Crippen LogP contribution in [0.1, 0.15) is 48.0 Å². The zero-order chi connectivity index (χ0) is 27.7. The van der Waals surface area contributed by atoms with Crippen LogP contribution in [0.25, 0.3) is 5.65 Å². The minimum absolute atomic E-state index is 0.0505. The number of anilines is 1. The van der Waals surface area contributed by atoms with Gasteiger partial charge in [-0.15, -0.1) is 0 Å². The second kappa shape index (κ2) is 10.2. The van der Waals surface area contributed by atoms with Crippen molar-refractivity contribution in [3.05, 3.63) is 88.1 Å². The first-order valence-electron chi connectivity index (χ1n) is 11.7. The highest BCUT2D eigenvalue weighted by atomic mass is 19.1. The Morgan fingerprint density at radius 2 is 1.90 bits per heavy atom. The molecule has 0 aliphatic carbocycles. The van der Waals surface area contributed by atoms with Crippen LogP contribution in [-0.4, -0.2) is 44.8 Å². The number of hydrogen-bond donors (Lipinski definition) is 4. The summed E-state index contributed by atoms with van der Waals surface area (Å²) in [6.07, 6.45) is 0.884. The number of primary amides is 1. The summed E-state index contributed by atoms with van der Waals surface area (Å²) in [5.74, 6) is -2.59. The number of nitrogens with two attached hydrogens (primary N) is 1. The van der Waals surface area contributed by atoms with E-state index in [1.54, 1.807) is 43.3 Å². The third kappa shape index (κ3) is 5.23. The maximum absolute atomic E-state index is 14.4. The summed E-state index contributed by atoms with van der Waals surface area (Å²) < 4.78 is 20.7. The molecule has 0 bridgehead atoms. The number of nitrogens with one attached hydrogen (secondary N) is 3. The SMILES string of the molecule is Cc1ccc(CNC(=O)c2cc(C(=O)NCc3ccc4c(c3)NC(=O)CO4)nc3c(F)cnn23)c(C(N)=O)c1. The molecule has 0 fully saturated rings. The Morgan fingerprint density at radius 3 is 2.69 bits per heavy atom. The number of aromatic nitrogens is 3. The number of amides is 4. The zero-order valence-electron chi connectivity index (χ0n) is 20.6. The molecule has 0 spiro atoms. The molecule has 3 heterocycles. The summed E-state index contributed by atoms with van der Waals surface area (Å²) in [5.41, 5.74) is 7.50. The Hall–Kier alpha value is -5.33. The van der Waals surface area contributed by atoms with Crippen molar-refractivity contribution >= 4 is 35.0 Å². The van der Waals surface area contributed by atoms with E-state index in [9.17, 15) is 23.6 Å². The zero-order valence-corrected chi connectivity index (χ0v) is 20.6. The average molecular weight is 532 g/mol. The molecule has 2 aromatic heterocycles. The van der Waals surface area contributed by atoms with E-state index in [4.69, 9.17) is 10.5 Å². The number of hydrogen-bond acceptors (Lipinski definition) is 7. The second-order valence-corrected chi connectivity index (χ2v) is 8.81. The van der Waals surface area contributed by atoms with Crippen LogP contribution in [0, 0.1) is 12.7 Å². The van der Waals surface area contributed by atoms with Crippen molar-refractivity contribution in [3.63, 3.8) is 0 Å². The van der Waals surface area contributed by atoms with Gasteiger partial charge in [-0.1, -0.05) is 23.8 Å². The molecule has 0 saturated heterocycles. The van der Waals surface area contributed by atoms with Gasteiger partial charge in [0.05, 0.1) is 11.9 Å². The van der Waals surface area contributed by atoms with Gasteiger partial charge in [-0.25, -0.2) is 13.9 Å². The first-order valence-corrected chi connectivity index (χ1v) is 11.7. The number of aryl methyl sites for hydroxylation is 1. The van der Waals surface area contributed by atoms with Gasteiger partial charge in [0.2, 0.25) is 5.91 Å². The lowest BCUT2D eigenvalue weighted by Crippen LogP contribution is -2.29. The Kier molecular flexibility index (Phi) is 6.63. The number of carbonyl (C=O) groups excluding carboxylic acids is 4. The van der Waals surface area contributed by atoms with Crippen molar-refractivity contribution in [2.24, 2.45) is 5.73 Å². The molecule has 1 aliphatic rings. The van der Waals surface area contributed by atoms with E-state index in [1.165, 1.54) is 6.07 Å². The summed E-state index contributed by atoms with van der Waals surface area (Å²) in [7, 11) is 0. The lowest BCUT2D eigenvalue weighted by Gasteiger charge is -2.18. The topological polar surface area (TPSA) is 170 Å². The molecule has 12 nitrogen and oxygen atoms in total. The molecule has 1 aliphatic heterocycles. The maximum Gasteiger partial charge on any atom is 0.270 e. The second-order valence-electron chi connectivity index (χ2n) is 8.81. The van der Waals surface area contributed by atoms with Gasteiger partial charge in [-0.3, -0.25) is 19.2 Å². The van der Waals surface area contributed by atoms with Gasteiger partial charge >= 0.3 is 0 Å². The van der Waals surface area contributed by atoms with Crippen LogP contribution in [0.5, 0.6) is 5.75 Å². The fourth-order valence-corrected chi connectivity index (χ4v) is 4.07. The Balaban J connectivity index is 1.35. The fraction of sp³-hybridized carbons (Fsp3) is 0.154. The predicted octanol–water partition coefficient (Wildman–Crippen LogP) is 1.47. The number of nitrogens with zero attached hydrogens (tertiary/aromatic N) is 3. The molecular weight excluding hydrogens is 509 g/mol. The molecule has 5 rings (SSSR count). The number of fused-ring (bicyclic) bond motifs is 2. The highest BCUT2D eigenvalue weighted by molar-refractivity contribution is 5.99. The standard InChI is InChI=1S/C26H22FN7O5/c1-13-2-4-15(16(6-13)23(28)36)10-30-26(38)20-8-19(33-24-17(27)11-31-34(20)24)25(37)29-9-14-3-5-21-18(7-14)32-22(35)12-39-21/h2-8,11H,9-10,12H2,1H3,(H2,28,36)(H,29,37)(H,30,38)(H,32,35). The van der Waals surface area contributed by atoms with Crippen molar-refractivity contribution in [2.45, 2.75) is 20.0 Å². The predicted molar refractivity (Wildman–Crippen MR) is 136 cm³/mol. The van der Waals surface area contributed by atoms with Crippen molar-refractivity contribution in [1.29, 1.82) is 0 Å². The van der Waals surface area contributed by atoms with Gasteiger partial charge in [-0.05, 0) is 36.2 Å². The lowest BCUT2D eigenvalue weighted by atomic mass is 10.0. The van der Waals surface area contributed by atoms with Crippen LogP contribution in [0.3, 0.4) is 0 Å². The van der Waals surface area contributed by atoms with Crippen LogP contribution < -0.4 is 26.4 Å². The van der Waals surface area contributed by atoms with Crippen LogP contribution in [0.4, 0.5) is 10.1 Å². The van der Waals surface area contributed by atoms with E-state index in [-0.39, 0.29) is 48.2 Å². The fourth-order valence-electron chi connectivity index (χ4n) is 4.07. The molecule has 2 aromatic carbocycles. The van der Waals surface area contributed by atoms with E-state index < -0.39 is 23.5 Å². The van der Waals surface area contributed by atoms with Crippen molar-refractivity contribution in [2.75, 3.05) is 11.9 Å². The molecule has 198 valence electrons. The largest absolute Gasteiger partial charge is 0.482 e. The van der Waals surface area contributed by atoms with Gasteiger partial charge in [0, 0.05) is 24.7 Å². The first-order chi connectivity index (χ1) is 18.7. The molecule has 0 unspecified atom stereocenters. The summed E-state index contributed by atoms with van der Waals surface area (Å²) >= 11 is 0. The van der Waals surface area contributed by atoms with Crippen LogP contribution in [0.2, 0.25) is 0 Å². The van der Waals surface area contributed by atoms with Crippen LogP contribution in [-0.2, 0) is 17.9 Å². The normalized spacial score (nSPS) is 12.3.